The van der Waals surface area contributed by atoms with Gasteiger partial charge in [-0.05, 0) is 42.5 Å². The van der Waals surface area contributed by atoms with Crippen molar-refractivity contribution in [2.24, 2.45) is 0 Å². The van der Waals surface area contributed by atoms with Gasteiger partial charge in [-0.1, -0.05) is 50.2 Å². The van der Waals surface area contributed by atoms with Crippen LogP contribution >= 0.6 is 0 Å². The van der Waals surface area contributed by atoms with E-state index in [2.05, 4.69) is 59.2 Å². The zero-order chi connectivity index (χ0) is 19.7. The maximum Gasteiger partial charge on any atom is 0.275 e. The Bertz CT molecular complexity index is 997. The average molecular weight is 372 g/mol. The lowest BCUT2D eigenvalue weighted by atomic mass is 10.0. The molecule has 0 spiro atoms. The molecule has 0 fully saturated rings. The molecule has 0 aliphatic carbocycles. The van der Waals surface area contributed by atoms with E-state index in [1.807, 2.05) is 30.3 Å². The molecule has 1 aromatic heterocycles. The van der Waals surface area contributed by atoms with Crippen molar-refractivity contribution in [3.05, 3.63) is 77.7 Å². The van der Waals surface area contributed by atoms with Crippen molar-refractivity contribution in [1.82, 2.24) is 9.97 Å². The van der Waals surface area contributed by atoms with Gasteiger partial charge in [-0.25, -0.2) is 9.97 Å². The van der Waals surface area contributed by atoms with Crippen molar-refractivity contribution in [2.45, 2.75) is 39.2 Å². The molecule has 28 heavy (non-hydrogen) atoms. The molecule has 1 aliphatic heterocycles. The highest BCUT2D eigenvalue weighted by molar-refractivity contribution is 6.03. The number of hydrogen-bond acceptors (Lipinski definition) is 4. The van der Waals surface area contributed by atoms with Crippen LogP contribution in [0.25, 0.3) is 0 Å². The minimum atomic E-state index is -0.248. The third-order valence-corrected chi connectivity index (χ3v) is 5.16. The van der Waals surface area contributed by atoms with Crippen LogP contribution in [0.3, 0.4) is 0 Å². The molecule has 0 radical (unpaired) electrons. The SMILES string of the molecule is CC(C)c1ccccc1NC(=O)c1cnc(N2c3ccccc3CC2C)cn1. The fourth-order valence-corrected chi connectivity index (χ4v) is 3.78. The summed E-state index contributed by atoms with van der Waals surface area (Å²) in [6, 6.07) is 16.5. The van der Waals surface area contributed by atoms with E-state index in [1.54, 1.807) is 12.4 Å². The number of anilines is 3. The number of carbonyl (C=O) groups excluding carboxylic acids is 1. The average Bonchev–Trinajstić information content (AvgIpc) is 3.04. The monoisotopic (exact) mass is 372 g/mol. The van der Waals surface area contributed by atoms with Crippen molar-refractivity contribution in [1.29, 1.82) is 0 Å². The fraction of sp³-hybridized carbons (Fsp3) is 0.261. The van der Waals surface area contributed by atoms with Gasteiger partial charge in [0.25, 0.3) is 5.91 Å². The first-order chi connectivity index (χ1) is 13.5. The van der Waals surface area contributed by atoms with Crippen LogP contribution in [0.5, 0.6) is 0 Å². The van der Waals surface area contributed by atoms with Gasteiger partial charge >= 0.3 is 0 Å². The van der Waals surface area contributed by atoms with Gasteiger partial charge in [0.05, 0.1) is 12.4 Å². The summed E-state index contributed by atoms with van der Waals surface area (Å²) in [6.45, 7) is 6.38. The number of nitrogens with zero attached hydrogens (tertiary/aromatic N) is 3. The number of para-hydroxylation sites is 2. The topological polar surface area (TPSA) is 58.1 Å². The Balaban J connectivity index is 1.55. The van der Waals surface area contributed by atoms with Gasteiger partial charge in [0.1, 0.15) is 5.69 Å². The predicted molar refractivity (Wildman–Crippen MR) is 112 cm³/mol. The molecule has 2 heterocycles. The lowest BCUT2D eigenvalue weighted by molar-refractivity contribution is 0.102. The predicted octanol–water partition coefficient (Wildman–Crippen LogP) is 4.94. The summed E-state index contributed by atoms with van der Waals surface area (Å²) < 4.78 is 0. The Kier molecular flexibility index (Phi) is 4.82. The Hall–Kier alpha value is -3.21. The Morgan fingerprint density at radius 2 is 1.82 bits per heavy atom. The lowest BCUT2D eigenvalue weighted by Crippen LogP contribution is -2.25. The maximum atomic E-state index is 12.7. The molecule has 1 atom stereocenters. The van der Waals surface area contributed by atoms with Crippen LogP contribution in [-0.2, 0) is 6.42 Å². The largest absolute Gasteiger partial charge is 0.322 e. The quantitative estimate of drug-likeness (QED) is 0.705. The minimum absolute atomic E-state index is 0.248. The van der Waals surface area contributed by atoms with E-state index >= 15 is 0 Å². The summed E-state index contributed by atoms with van der Waals surface area (Å²) in [5.74, 6) is 0.834. The van der Waals surface area contributed by atoms with Crippen LogP contribution in [-0.4, -0.2) is 21.9 Å². The zero-order valence-corrected chi connectivity index (χ0v) is 16.4. The summed E-state index contributed by atoms with van der Waals surface area (Å²) in [5.41, 5.74) is 4.69. The first kappa shape index (κ1) is 18.2. The summed E-state index contributed by atoms with van der Waals surface area (Å²) >= 11 is 0. The molecule has 1 N–H and O–H groups in total. The molecule has 5 nitrogen and oxygen atoms in total. The van der Waals surface area contributed by atoms with Crippen molar-refractivity contribution < 1.29 is 4.79 Å². The van der Waals surface area contributed by atoms with Crippen molar-refractivity contribution in [3.63, 3.8) is 0 Å². The van der Waals surface area contributed by atoms with E-state index in [4.69, 9.17) is 0 Å². The van der Waals surface area contributed by atoms with Gasteiger partial charge in [0.2, 0.25) is 0 Å². The van der Waals surface area contributed by atoms with Gasteiger partial charge in [-0.15, -0.1) is 0 Å². The van der Waals surface area contributed by atoms with Gasteiger partial charge in [0.15, 0.2) is 5.82 Å². The molecule has 1 amide bonds. The second-order valence-electron chi connectivity index (χ2n) is 7.51. The van der Waals surface area contributed by atoms with Crippen LogP contribution in [0.1, 0.15) is 48.3 Å². The molecule has 3 aromatic rings. The molecule has 0 saturated heterocycles. The van der Waals surface area contributed by atoms with Crippen LogP contribution in [0.15, 0.2) is 60.9 Å². The number of carbonyl (C=O) groups is 1. The first-order valence-corrected chi connectivity index (χ1v) is 9.64. The normalized spacial score (nSPS) is 15.6. The third-order valence-electron chi connectivity index (χ3n) is 5.16. The van der Waals surface area contributed by atoms with Crippen LogP contribution in [0.2, 0.25) is 0 Å². The van der Waals surface area contributed by atoms with E-state index in [1.165, 1.54) is 5.56 Å². The van der Waals surface area contributed by atoms with Gasteiger partial charge < -0.3 is 10.2 Å². The van der Waals surface area contributed by atoms with Crippen LogP contribution in [0, 0.1) is 0 Å². The van der Waals surface area contributed by atoms with E-state index < -0.39 is 0 Å². The molecule has 0 bridgehead atoms. The number of hydrogen-bond donors (Lipinski definition) is 1. The molecule has 1 unspecified atom stereocenters. The molecule has 142 valence electrons. The molecular formula is C23H24N4O. The number of amides is 1. The minimum Gasteiger partial charge on any atom is -0.322 e. The molecule has 1 aliphatic rings. The Morgan fingerprint density at radius 3 is 2.57 bits per heavy atom. The fourth-order valence-electron chi connectivity index (χ4n) is 3.78. The van der Waals surface area contributed by atoms with E-state index in [-0.39, 0.29) is 5.91 Å². The lowest BCUT2D eigenvalue weighted by Gasteiger charge is -2.23. The molecule has 5 heteroatoms. The highest BCUT2D eigenvalue weighted by Crippen LogP contribution is 2.36. The van der Waals surface area contributed by atoms with Crippen LogP contribution < -0.4 is 10.2 Å². The van der Waals surface area contributed by atoms with E-state index in [0.29, 0.717) is 17.7 Å². The van der Waals surface area contributed by atoms with E-state index in [0.717, 1.165) is 29.2 Å². The number of nitrogens with one attached hydrogen (secondary N) is 1. The number of fused-ring (bicyclic) bond motifs is 1. The second-order valence-corrected chi connectivity index (χ2v) is 7.51. The molecular weight excluding hydrogens is 348 g/mol. The highest BCUT2D eigenvalue weighted by Gasteiger charge is 2.28. The third kappa shape index (κ3) is 3.36. The maximum absolute atomic E-state index is 12.7. The number of rotatable bonds is 4. The molecule has 0 saturated carbocycles. The Morgan fingerprint density at radius 1 is 1.07 bits per heavy atom. The molecule has 2 aromatic carbocycles. The van der Waals surface area contributed by atoms with E-state index in [9.17, 15) is 4.79 Å². The summed E-state index contributed by atoms with van der Waals surface area (Å²) in [4.78, 5) is 23.8. The Labute approximate surface area is 165 Å². The smallest absolute Gasteiger partial charge is 0.275 e. The van der Waals surface area contributed by atoms with Gasteiger partial charge in [0, 0.05) is 17.4 Å². The van der Waals surface area contributed by atoms with Crippen LogP contribution in [0.4, 0.5) is 17.2 Å². The van der Waals surface area contributed by atoms with Gasteiger partial charge in [-0.2, -0.15) is 0 Å². The zero-order valence-electron chi connectivity index (χ0n) is 16.4. The highest BCUT2D eigenvalue weighted by atomic mass is 16.1. The second kappa shape index (κ2) is 7.43. The van der Waals surface area contributed by atoms with Crippen molar-refractivity contribution >= 4 is 23.1 Å². The van der Waals surface area contributed by atoms with Crippen molar-refractivity contribution in [3.8, 4) is 0 Å². The summed E-state index contributed by atoms with van der Waals surface area (Å²) in [6.07, 6.45) is 4.21. The summed E-state index contributed by atoms with van der Waals surface area (Å²) in [7, 11) is 0. The van der Waals surface area contributed by atoms with Crippen molar-refractivity contribution in [2.75, 3.05) is 10.2 Å². The number of aromatic nitrogens is 2. The first-order valence-electron chi connectivity index (χ1n) is 9.64. The van der Waals surface area contributed by atoms with Gasteiger partial charge in [-0.3, -0.25) is 4.79 Å². The number of benzene rings is 2. The summed E-state index contributed by atoms with van der Waals surface area (Å²) in [5, 5.41) is 2.97. The standard InChI is InChI=1S/C23H24N4O/c1-15(2)18-9-5-6-10-19(18)26-23(28)20-13-25-22(14-24-20)27-16(3)12-17-8-4-7-11-21(17)27/h4-11,13-16H,12H2,1-3H3,(H,26,28). The molecule has 4 rings (SSSR count).